The number of carbonyl (C=O) groups excluding carboxylic acids is 1. The van der Waals surface area contributed by atoms with Crippen molar-refractivity contribution in [3.63, 3.8) is 0 Å². The van der Waals surface area contributed by atoms with Crippen molar-refractivity contribution in [1.82, 2.24) is 0 Å². The Morgan fingerprint density at radius 2 is 2.00 bits per heavy atom. The first-order valence-corrected chi connectivity index (χ1v) is 8.36. The van der Waals surface area contributed by atoms with Gasteiger partial charge in [-0.15, -0.1) is 0 Å². The molecule has 3 aliphatic rings. The third-order valence-electron chi connectivity index (χ3n) is 5.48. The van der Waals surface area contributed by atoms with Crippen LogP contribution in [0.3, 0.4) is 0 Å². The van der Waals surface area contributed by atoms with Crippen LogP contribution >= 0.6 is 22.6 Å². The minimum absolute atomic E-state index is 0.0890. The van der Waals surface area contributed by atoms with E-state index in [1.807, 2.05) is 0 Å². The molecule has 3 rings (SSSR count). The lowest BCUT2D eigenvalue weighted by molar-refractivity contribution is -0.134. The Hall–Kier alpha value is 0.140. The zero-order valence-corrected chi connectivity index (χ0v) is 12.5. The maximum atomic E-state index is 12.7. The third-order valence-corrected chi connectivity index (χ3v) is 6.28. The second-order valence-electron chi connectivity index (χ2n) is 6.09. The molecule has 0 heterocycles. The van der Waals surface area contributed by atoms with Crippen LogP contribution < -0.4 is 0 Å². The van der Waals surface area contributed by atoms with E-state index < -0.39 is 0 Å². The van der Waals surface area contributed by atoms with Crippen molar-refractivity contribution in [1.29, 1.82) is 0 Å². The van der Waals surface area contributed by atoms with Crippen molar-refractivity contribution >= 4 is 28.4 Å². The highest BCUT2D eigenvalue weighted by atomic mass is 127. The SMILES string of the molecule is O=C1CCCCC2C/C(=C/I)C3CCCCC123. The molecule has 3 saturated carbocycles. The highest BCUT2D eigenvalue weighted by Crippen LogP contribution is 2.61. The van der Waals surface area contributed by atoms with E-state index in [4.69, 9.17) is 0 Å². The highest BCUT2D eigenvalue weighted by Gasteiger charge is 2.57. The lowest BCUT2D eigenvalue weighted by atomic mass is 9.61. The molecule has 2 heteroatoms. The van der Waals surface area contributed by atoms with Crippen LogP contribution in [0.5, 0.6) is 0 Å². The first kappa shape index (κ1) is 12.2. The van der Waals surface area contributed by atoms with Gasteiger partial charge in [-0.05, 0) is 48.0 Å². The molecule has 1 spiro atoms. The Kier molecular flexibility index (Phi) is 3.35. The topological polar surface area (TPSA) is 17.1 Å². The molecular weight excluding hydrogens is 323 g/mol. The van der Waals surface area contributed by atoms with Gasteiger partial charge in [-0.3, -0.25) is 4.79 Å². The van der Waals surface area contributed by atoms with Crippen molar-refractivity contribution < 1.29 is 4.79 Å². The van der Waals surface area contributed by atoms with E-state index in [1.54, 1.807) is 5.57 Å². The summed E-state index contributed by atoms with van der Waals surface area (Å²) in [5.74, 6) is 1.92. The highest BCUT2D eigenvalue weighted by molar-refractivity contribution is 14.1. The molecule has 3 aliphatic carbocycles. The summed E-state index contributed by atoms with van der Waals surface area (Å²) in [6.07, 6.45) is 10.9. The Morgan fingerprint density at radius 1 is 1.18 bits per heavy atom. The summed E-state index contributed by atoms with van der Waals surface area (Å²) in [5.41, 5.74) is 1.69. The first-order chi connectivity index (χ1) is 8.29. The Morgan fingerprint density at radius 3 is 2.82 bits per heavy atom. The molecule has 0 N–H and O–H groups in total. The number of hydrogen-bond donors (Lipinski definition) is 0. The predicted octanol–water partition coefficient (Wildman–Crippen LogP) is 4.64. The summed E-state index contributed by atoms with van der Waals surface area (Å²) in [6, 6.07) is 0. The quantitative estimate of drug-likeness (QED) is 0.585. The summed E-state index contributed by atoms with van der Waals surface area (Å²) in [6.45, 7) is 0. The van der Waals surface area contributed by atoms with Crippen molar-refractivity contribution in [2.75, 3.05) is 0 Å². The number of ketones is 1. The monoisotopic (exact) mass is 344 g/mol. The molecule has 3 fully saturated rings. The van der Waals surface area contributed by atoms with Gasteiger partial charge in [-0.2, -0.15) is 0 Å². The average molecular weight is 344 g/mol. The molecule has 1 nitrogen and oxygen atoms in total. The number of halogens is 1. The molecule has 94 valence electrons. The Labute approximate surface area is 118 Å². The summed E-state index contributed by atoms with van der Waals surface area (Å²) in [7, 11) is 0. The van der Waals surface area contributed by atoms with E-state index in [0.717, 1.165) is 12.8 Å². The van der Waals surface area contributed by atoms with Crippen molar-refractivity contribution in [2.24, 2.45) is 17.3 Å². The van der Waals surface area contributed by atoms with Crippen LogP contribution in [0.2, 0.25) is 0 Å². The molecular formula is C15H21IO. The van der Waals surface area contributed by atoms with Crippen LogP contribution in [0.25, 0.3) is 0 Å². The lowest BCUT2D eigenvalue weighted by Gasteiger charge is -2.41. The van der Waals surface area contributed by atoms with E-state index in [2.05, 4.69) is 26.7 Å². The van der Waals surface area contributed by atoms with Crippen molar-refractivity contribution in [3.05, 3.63) is 9.66 Å². The Bertz CT molecular complexity index is 360. The zero-order valence-electron chi connectivity index (χ0n) is 10.4. The van der Waals surface area contributed by atoms with Gasteiger partial charge in [0.1, 0.15) is 5.78 Å². The largest absolute Gasteiger partial charge is 0.299 e. The summed E-state index contributed by atoms with van der Waals surface area (Å²) >= 11 is 2.39. The molecule has 0 saturated heterocycles. The first-order valence-electron chi connectivity index (χ1n) is 7.11. The van der Waals surface area contributed by atoms with Gasteiger partial charge >= 0.3 is 0 Å². The second-order valence-corrected chi connectivity index (χ2v) is 6.72. The normalized spacial score (nSPS) is 44.3. The van der Waals surface area contributed by atoms with Gasteiger partial charge in [0, 0.05) is 11.8 Å². The molecule has 0 bridgehead atoms. The van der Waals surface area contributed by atoms with E-state index in [9.17, 15) is 4.79 Å². The van der Waals surface area contributed by atoms with E-state index in [-0.39, 0.29) is 5.41 Å². The van der Waals surface area contributed by atoms with Gasteiger partial charge in [-0.1, -0.05) is 47.4 Å². The third kappa shape index (κ3) is 1.73. The van der Waals surface area contributed by atoms with Crippen LogP contribution in [-0.2, 0) is 4.79 Å². The van der Waals surface area contributed by atoms with Crippen LogP contribution in [0.1, 0.15) is 57.8 Å². The number of rotatable bonds is 0. The fraction of sp³-hybridized carbons (Fsp3) is 0.800. The molecule has 0 aromatic carbocycles. The van der Waals surface area contributed by atoms with E-state index in [1.165, 1.54) is 44.9 Å². The van der Waals surface area contributed by atoms with Crippen LogP contribution in [0.15, 0.2) is 9.66 Å². The van der Waals surface area contributed by atoms with Crippen LogP contribution in [0.4, 0.5) is 0 Å². The van der Waals surface area contributed by atoms with Gasteiger partial charge in [0.2, 0.25) is 0 Å². The molecule has 17 heavy (non-hydrogen) atoms. The van der Waals surface area contributed by atoms with Crippen LogP contribution in [0, 0.1) is 17.3 Å². The fourth-order valence-electron chi connectivity index (χ4n) is 4.76. The minimum atomic E-state index is 0.0890. The molecule has 0 aromatic rings. The lowest BCUT2D eigenvalue weighted by Crippen LogP contribution is -2.41. The zero-order chi connectivity index (χ0) is 11.9. The predicted molar refractivity (Wildman–Crippen MR) is 78.1 cm³/mol. The molecule has 0 aliphatic heterocycles. The molecule has 0 aromatic heterocycles. The number of allylic oxidation sites excluding steroid dienone is 1. The van der Waals surface area contributed by atoms with Gasteiger partial charge in [-0.25, -0.2) is 0 Å². The van der Waals surface area contributed by atoms with E-state index >= 15 is 0 Å². The van der Waals surface area contributed by atoms with Gasteiger partial charge < -0.3 is 0 Å². The molecule has 3 unspecified atom stereocenters. The molecule has 3 atom stereocenters. The average Bonchev–Trinajstić information content (AvgIpc) is 2.62. The Balaban J connectivity index is 2.04. The smallest absolute Gasteiger partial charge is 0.139 e. The fourth-order valence-corrected chi connectivity index (χ4v) is 5.45. The van der Waals surface area contributed by atoms with Crippen molar-refractivity contribution in [3.8, 4) is 0 Å². The van der Waals surface area contributed by atoms with Gasteiger partial charge in [0.25, 0.3) is 0 Å². The van der Waals surface area contributed by atoms with Crippen molar-refractivity contribution in [2.45, 2.75) is 57.8 Å². The summed E-state index contributed by atoms with van der Waals surface area (Å²) in [5, 5.41) is 0. The maximum absolute atomic E-state index is 12.7. The maximum Gasteiger partial charge on any atom is 0.139 e. The van der Waals surface area contributed by atoms with Gasteiger partial charge in [0.15, 0.2) is 0 Å². The van der Waals surface area contributed by atoms with Gasteiger partial charge in [0.05, 0.1) is 0 Å². The standard InChI is InChI=1S/C15H21IO/c16-10-11-9-12-5-1-2-7-14(17)15(12)8-4-3-6-13(11)15/h10,12-13H,1-9H2/b11-10-. The molecule has 0 amide bonds. The summed E-state index contributed by atoms with van der Waals surface area (Å²) in [4.78, 5) is 12.7. The number of Topliss-reactive ketones (excluding diaryl/α,β-unsaturated/α-hetero) is 1. The molecule has 0 radical (unpaired) electrons. The number of hydrogen-bond acceptors (Lipinski definition) is 1. The van der Waals surface area contributed by atoms with Crippen LogP contribution in [-0.4, -0.2) is 5.78 Å². The summed E-state index contributed by atoms with van der Waals surface area (Å²) < 4.78 is 2.29. The number of carbonyl (C=O) groups is 1. The minimum Gasteiger partial charge on any atom is -0.299 e. The second kappa shape index (κ2) is 4.67. The van der Waals surface area contributed by atoms with E-state index in [0.29, 0.717) is 17.6 Å².